The number of pyridine rings is 1. The van der Waals surface area contributed by atoms with E-state index in [1.54, 1.807) is 18.3 Å². The topological polar surface area (TPSA) is 45.2 Å². The van der Waals surface area contributed by atoms with Crippen molar-refractivity contribution in [3.8, 4) is 0 Å². The van der Waals surface area contributed by atoms with Gasteiger partial charge in [0.2, 0.25) is 0 Å². The maximum Gasteiger partial charge on any atom is 0.252 e. The van der Waals surface area contributed by atoms with Gasteiger partial charge in [-0.05, 0) is 42.2 Å². The first-order chi connectivity index (χ1) is 7.09. The molecule has 1 aromatic heterocycles. The summed E-state index contributed by atoms with van der Waals surface area (Å²) in [6, 6.07) is 3.49. The van der Waals surface area contributed by atoms with Gasteiger partial charge in [0.15, 0.2) is 0 Å². The molecule has 4 nitrogen and oxygen atoms in total. The van der Waals surface area contributed by atoms with Gasteiger partial charge in [-0.2, -0.15) is 0 Å². The van der Waals surface area contributed by atoms with E-state index < -0.39 is 0 Å². The van der Waals surface area contributed by atoms with E-state index in [1.807, 2.05) is 19.0 Å². The van der Waals surface area contributed by atoms with E-state index in [4.69, 9.17) is 0 Å². The van der Waals surface area contributed by atoms with Crippen molar-refractivity contribution in [1.29, 1.82) is 0 Å². The fourth-order valence-electron chi connectivity index (χ4n) is 1.01. The lowest BCUT2D eigenvalue weighted by atomic mass is 10.3. The molecule has 0 unspecified atom stereocenters. The van der Waals surface area contributed by atoms with E-state index in [9.17, 15) is 4.79 Å². The van der Waals surface area contributed by atoms with E-state index in [2.05, 4.69) is 26.2 Å². The minimum atomic E-state index is -0.0862. The molecule has 0 aromatic carbocycles. The van der Waals surface area contributed by atoms with Crippen LogP contribution in [0.5, 0.6) is 0 Å². The average molecular weight is 268 g/mol. The highest BCUT2D eigenvalue weighted by Crippen LogP contribution is 2.05. The predicted octanol–water partition coefficient (Wildman–Crippen LogP) is 1.14. The molecule has 0 saturated carbocycles. The first-order valence-electron chi connectivity index (χ1n) is 4.64. The molecule has 0 aliphatic carbocycles. The van der Waals surface area contributed by atoms with Crippen molar-refractivity contribution >= 4 is 21.8 Å². The molecule has 0 radical (unpaired) electrons. The van der Waals surface area contributed by atoms with Crippen LogP contribution in [0.25, 0.3) is 0 Å². The smallest absolute Gasteiger partial charge is 0.252 e. The van der Waals surface area contributed by atoms with Crippen LogP contribution in [0.1, 0.15) is 10.4 Å². The van der Waals surface area contributed by atoms with Crippen molar-refractivity contribution in [3.63, 3.8) is 0 Å². The Kier molecular flexibility index (Phi) is 4.71. The van der Waals surface area contributed by atoms with Crippen molar-refractivity contribution in [2.75, 3.05) is 27.2 Å². The summed E-state index contributed by atoms with van der Waals surface area (Å²) in [6.45, 7) is 1.47. The van der Waals surface area contributed by atoms with Crippen molar-refractivity contribution < 1.29 is 4.79 Å². The lowest BCUT2D eigenvalue weighted by Gasteiger charge is -2.10. The number of nitrogens with zero attached hydrogens (tertiary/aromatic N) is 2. The molecule has 5 heteroatoms. The van der Waals surface area contributed by atoms with Crippen molar-refractivity contribution in [3.05, 3.63) is 28.5 Å². The Bertz CT molecular complexity index is 324. The normalized spacial score (nSPS) is 10.4. The van der Waals surface area contributed by atoms with Crippen molar-refractivity contribution in [1.82, 2.24) is 15.2 Å². The molecule has 0 bridgehead atoms. The molecule has 0 atom stereocenters. The van der Waals surface area contributed by atoms with Crippen LogP contribution in [-0.2, 0) is 0 Å². The molecule has 15 heavy (non-hydrogen) atoms. The number of rotatable bonds is 4. The zero-order valence-corrected chi connectivity index (χ0v) is 10.4. The number of aromatic nitrogens is 1. The molecule has 82 valence electrons. The maximum absolute atomic E-state index is 11.6. The van der Waals surface area contributed by atoms with E-state index in [-0.39, 0.29) is 5.91 Å². The van der Waals surface area contributed by atoms with Crippen LogP contribution in [0.15, 0.2) is 22.9 Å². The summed E-state index contributed by atoms with van der Waals surface area (Å²) in [5.41, 5.74) is 0.581. The number of hydrogen-bond acceptors (Lipinski definition) is 3. The number of halogens is 1. The highest BCUT2D eigenvalue weighted by Gasteiger charge is 2.04. The van der Waals surface area contributed by atoms with Crippen LogP contribution >= 0.6 is 15.9 Å². The summed E-state index contributed by atoms with van der Waals surface area (Å²) in [5.74, 6) is -0.0862. The highest BCUT2D eigenvalue weighted by atomic mass is 75.9. The third kappa shape index (κ3) is 4.40. The number of likely N-dealkylation sites (N-methyl/N-ethyl adjacent to an activating group) is 1. The molecule has 0 aliphatic rings. The summed E-state index contributed by atoms with van der Waals surface area (Å²) in [6.07, 6.45) is 1.55. The summed E-state index contributed by atoms with van der Waals surface area (Å²) in [7, 11) is 3.93. The van der Waals surface area contributed by atoms with Crippen LogP contribution < -0.4 is 5.32 Å². The second-order valence-corrected chi connectivity index (χ2v) is 4.24. The Morgan fingerprint density at radius 1 is 1.53 bits per heavy atom. The van der Waals surface area contributed by atoms with Crippen molar-refractivity contribution in [2.24, 2.45) is 0 Å². The minimum Gasteiger partial charge on any atom is -0.351 e. The Hall–Kier alpha value is -0.940. The van der Waals surface area contributed by atoms with Gasteiger partial charge < -0.3 is 10.2 Å². The molecule has 0 aliphatic heterocycles. The molecule has 1 heterocycles. The quantitative estimate of drug-likeness (QED) is 0.833. The fourth-order valence-corrected chi connectivity index (χ4v) is 1.24. The second-order valence-electron chi connectivity index (χ2n) is 3.43. The molecule has 1 rings (SSSR count). The Balaban J connectivity index is 2.43. The zero-order valence-electron chi connectivity index (χ0n) is 8.83. The van der Waals surface area contributed by atoms with E-state index in [1.165, 1.54) is 0 Å². The van der Waals surface area contributed by atoms with Gasteiger partial charge in [-0.25, -0.2) is 4.98 Å². The van der Waals surface area contributed by atoms with E-state index >= 15 is 0 Å². The van der Waals surface area contributed by atoms with Crippen molar-refractivity contribution in [2.45, 2.75) is 0 Å². The minimum absolute atomic E-state index is 0.0862. The molecule has 1 aromatic rings. The van der Waals surface area contributed by atoms with Crippen LogP contribution in [0, 0.1) is 0 Å². The standard InChI is InChI=1S/C10H14BrN3O/c1-14(2)6-5-12-10(15)8-3-4-9(11)13-7-8/h3-4,7H,5-6H2,1-2H3,(H,12,15)/i11-4. The van der Waals surface area contributed by atoms with Crippen LogP contribution in [-0.4, -0.2) is 43.0 Å². The van der Waals surface area contributed by atoms with Gasteiger partial charge in [-0.1, -0.05) is 0 Å². The number of nitrogens with one attached hydrogen (secondary N) is 1. The third-order valence-electron chi connectivity index (χ3n) is 1.83. The Morgan fingerprint density at radius 2 is 2.27 bits per heavy atom. The number of carbonyl (C=O) groups excluding carboxylic acids is 1. The summed E-state index contributed by atoms with van der Waals surface area (Å²) < 4.78 is 0.729. The largest absolute Gasteiger partial charge is 0.351 e. The number of hydrogen-bond donors (Lipinski definition) is 1. The average Bonchev–Trinajstić information content (AvgIpc) is 2.18. The summed E-state index contributed by atoms with van der Waals surface area (Å²) in [5, 5.41) is 2.81. The van der Waals surface area contributed by atoms with Gasteiger partial charge in [-0.3, -0.25) is 4.79 Å². The predicted molar refractivity (Wildman–Crippen MR) is 62.8 cm³/mol. The highest BCUT2D eigenvalue weighted by molar-refractivity contribution is 9.10. The molecule has 1 N–H and O–H groups in total. The second kappa shape index (κ2) is 5.82. The third-order valence-corrected chi connectivity index (χ3v) is 2.30. The lowest BCUT2D eigenvalue weighted by Crippen LogP contribution is -2.31. The van der Waals surface area contributed by atoms with Gasteiger partial charge in [0.05, 0.1) is 5.56 Å². The Morgan fingerprint density at radius 3 is 2.80 bits per heavy atom. The molecule has 0 spiro atoms. The first-order valence-corrected chi connectivity index (χ1v) is 5.43. The van der Waals surface area contributed by atoms with Gasteiger partial charge in [0.25, 0.3) is 5.91 Å². The van der Waals surface area contributed by atoms with Gasteiger partial charge in [0, 0.05) is 19.3 Å². The van der Waals surface area contributed by atoms with E-state index in [0.717, 1.165) is 11.1 Å². The summed E-state index contributed by atoms with van der Waals surface area (Å²) in [4.78, 5) is 17.6. The fraction of sp³-hybridized carbons (Fsp3) is 0.400. The molecular formula is C10H14BrN3O. The monoisotopic (exact) mass is 268 g/mol. The van der Waals surface area contributed by atoms with Gasteiger partial charge in [0.1, 0.15) is 4.60 Å². The van der Waals surface area contributed by atoms with Crippen LogP contribution in [0.3, 0.4) is 0 Å². The van der Waals surface area contributed by atoms with Crippen LogP contribution in [0.2, 0.25) is 0 Å². The SMILES string of the molecule is CN(C)CCNC(=O)c1ccc([76Br])nc1. The number of carbonyl (C=O) groups is 1. The lowest BCUT2D eigenvalue weighted by molar-refractivity contribution is 0.0950. The van der Waals surface area contributed by atoms with Crippen LogP contribution in [0.4, 0.5) is 0 Å². The molecule has 1 amide bonds. The first kappa shape index (κ1) is 12.1. The molecule has 0 saturated heterocycles. The zero-order chi connectivity index (χ0) is 11.3. The maximum atomic E-state index is 11.6. The Labute approximate surface area is 97.8 Å². The molecule has 0 fully saturated rings. The number of amides is 1. The summed E-state index contributed by atoms with van der Waals surface area (Å²) >= 11 is 3.22. The van der Waals surface area contributed by atoms with Gasteiger partial charge in [-0.15, -0.1) is 0 Å². The van der Waals surface area contributed by atoms with E-state index in [0.29, 0.717) is 12.1 Å². The molecular weight excluding hydrogens is 254 g/mol. The van der Waals surface area contributed by atoms with Gasteiger partial charge >= 0.3 is 0 Å².